The Balaban J connectivity index is 1.53. The molecule has 0 atom stereocenters. The van der Waals surface area contributed by atoms with Crippen LogP contribution in [-0.2, 0) is 6.54 Å². The number of aromatic nitrogens is 2. The molecule has 0 saturated heterocycles. The van der Waals surface area contributed by atoms with Crippen LogP contribution in [0.1, 0.15) is 11.4 Å². The number of para-hydroxylation sites is 1. The zero-order valence-corrected chi connectivity index (χ0v) is 16.7. The van der Waals surface area contributed by atoms with Crippen molar-refractivity contribution in [3.63, 3.8) is 0 Å². The molecule has 0 spiro atoms. The van der Waals surface area contributed by atoms with E-state index >= 15 is 0 Å². The molecule has 0 N–H and O–H groups in total. The number of fused-ring (bicyclic) bond motifs is 1. The maximum atomic E-state index is 6.27. The molecule has 0 unspecified atom stereocenters. The van der Waals surface area contributed by atoms with Crippen molar-refractivity contribution in [2.45, 2.75) is 18.4 Å². The van der Waals surface area contributed by atoms with Crippen molar-refractivity contribution in [1.82, 2.24) is 9.55 Å². The second-order valence-corrected chi connectivity index (χ2v) is 7.56. The van der Waals surface area contributed by atoms with Crippen molar-refractivity contribution >= 4 is 34.4 Å². The van der Waals surface area contributed by atoms with Gasteiger partial charge >= 0.3 is 0 Å². The number of aryl methyl sites for hydroxylation is 1. The Morgan fingerprint density at radius 3 is 2.30 bits per heavy atom. The largest absolute Gasteiger partial charge is 0.457 e. The average Bonchev–Trinajstić information content (AvgIpc) is 3.01. The minimum Gasteiger partial charge on any atom is -0.457 e. The van der Waals surface area contributed by atoms with Gasteiger partial charge in [0.1, 0.15) is 22.8 Å². The van der Waals surface area contributed by atoms with Crippen LogP contribution in [0.2, 0.25) is 5.02 Å². The molecule has 4 rings (SSSR count). The first kappa shape index (κ1) is 18.0. The maximum Gasteiger partial charge on any atom is 0.127 e. The zero-order valence-electron chi connectivity index (χ0n) is 15.1. The van der Waals surface area contributed by atoms with E-state index in [2.05, 4.69) is 46.1 Å². The quantitative estimate of drug-likeness (QED) is 0.358. The van der Waals surface area contributed by atoms with Gasteiger partial charge in [0.15, 0.2) is 0 Å². The van der Waals surface area contributed by atoms with Crippen LogP contribution in [0.5, 0.6) is 11.5 Å². The number of rotatable bonds is 5. The van der Waals surface area contributed by atoms with Crippen molar-refractivity contribution < 1.29 is 4.74 Å². The summed E-state index contributed by atoms with van der Waals surface area (Å²) in [6.07, 6.45) is 2.06. The first-order chi connectivity index (χ1) is 13.1. The monoisotopic (exact) mass is 394 g/mol. The molecular weight excluding hydrogens is 376 g/mol. The smallest absolute Gasteiger partial charge is 0.127 e. The number of thioether (sulfide) groups is 1. The minimum absolute atomic E-state index is 0.686. The van der Waals surface area contributed by atoms with Crippen molar-refractivity contribution in [2.24, 2.45) is 0 Å². The van der Waals surface area contributed by atoms with E-state index < -0.39 is 0 Å². The third-order valence-corrected chi connectivity index (χ3v) is 5.53. The molecule has 4 aromatic rings. The van der Waals surface area contributed by atoms with Gasteiger partial charge in [-0.1, -0.05) is 29.8 Å². The molecule has 3 aromatic carbocycles. The van der Waals surface area contributed by atoms with Crippen molar-refractivity contribution in [3.8, 4) is 11.5 Å². The van der Waals surface area contributed by atoms with E-state index in [-0.39, 0.29) is 0 Å². The Morgan fingerprint density at radius 1 is 0.963 bits per heavy atom. The van der Waals surface area contributed by atoms with Gasteiger partial charge in [-0.25, -0.2) is 4.98 Å². The predicted molar refractivity (Wildman–Crippen MR) is 113 cm³/mol. The summed E-state index contributed by atoms with van der Waals surface area (Å²) >= 11 is 7.99. The van der Waals surface area contributed by atoms with Crippen LogP contribution in [0.15, 0.2) is 71.6 Å². The molecule has 0 amide bonds. The fourth-order valence-electron chi connectivity index (χ4n) is 3.05. The Hall–Kier alpha value is -2.43. The molecule has 0 radical (unpaired) electrons. The first-order valence-electron chi connectivity index (χ1n) is 8.66. The highest BCUT2D eigenvalue weighted by Gasteiger charge is 2.10. The second kappa shape index (κ2) is 7.67. The maximum absolute atomic E-state index is 6.27. The van der Waals surface area contributed by atoms with Gasteiger partial charge in [0.2, 0.25) is 0 Å². The Bertz CT molecular complexity index is 1070. The SMILES string of the molecule is CSc1ccc(Oc2ccc(Cn3c(C)nc4c(Cl)cccc43)cc2)cc1. The Labute approximate surface area is 168 Å². The molecular formula is C22H19ClN2OS. The van der Waals surface area contributed by atoms with Gasteiger partial charge < -0.3 is 9.30 Å². The van der Waals surface area contributed by atoms with E-state index in [1.54, 1.807) is 11.8 Å². The minimum atomic E-state index is 0.686. The summed E-state index contributed by atoms with van der Waals surface area (Å²) in [5.41, 5.74) is 3.09. The van der Waals surface area contributed by atoms with Crippen molar-refractivity contribution in [1.29, 1.82) is 0 Å². The van der Waals surface area contributed by atoms with Crippen LogP contribution in [0, 0.1) is 6.92 Å². The summed E-state index contributed by atoms with van der Waals surface area (Å²) in [5.74, 6) is 2.62. The molecule has 1 heterocycles. The van der Waals surface area contributed by atoms with Crippen LogP contribution in [0.25, 0.3) is 11.0 Å². The first-order valence-corrected chi connectivity index (χ1v) is 10.3. The van der Waals surface area contributed by atoms with Crippen LogP contribution in [0.3, 0.4) is 0 Å². The van der Waals surface area contributed by atoms with Gasteiger partial charge in [-0.15, -0.1) is 11.8 Å². The summed E-state index contributed by atoms with van der Waals surface area (Å²) in [6.45, 7) is 2.75. The highest BCUT2D eigenvalue weighted by atomic mass is 35.5. The number of hydrogen-bond donors (Lipinski definition) is 0. The van der Waals surface area contributed by atoms with Gasteiger partial charge in [-0.2, -0.15) is 0 Å². The second-order valence-electron chi connectivity index (χ2n) is 6.27. The Kier molecular flexibility index (Phi) is 5.10. The van der Waals surface area contributed by atoms with Gasteiger partial charge in [-0.05, 0) is 67.3 Å². The highest BCUT2D eigenvalue weighted by Crippen LogP contribution is 2.27. The van der Waals surface area contributed by atoms with E-state index in [0.717, 1.165) is 34.9 Å². The molecule has 0 bridgehead atoms. The summed E-state index contributed by atoms with van der Waals surface area (Å²) < 4.78 is 8.11. The normalized spacial score (nSPS) is 11.1. The topological polar surface area (TPSA) is 27.1 Å². The van der Waals surface area contributed by atoms with Gasteiger partial charge in [0.25, 0.3) is 0 Å². The third kappa shape index (κ3) is 3.82. The number of hydrogen-bond acceptors (Lipinski definition) is 3. The molecule has 1 aromatic heterocycles. The molecule has 0 aliphatic carbocycles. The molecule has 0 saturated carbocycles. The van der Waals surface area contributed by atoms with Gasteiger partial charge in [0.05, 0.1) is 10.5 Å². The van der Waals surface area contributed by atoms with Crippen LogP contribution in [0.4, 0.5) is 0 Å². The average molecular weight is 395 g/mol. The highest BCUT2D eigenvalue weighted by molar-refractivity contribution is 7.98. The van der Waals surface area contributed by atoms with Crippen LogP contribution < -0.4 is 4.74 Å². The van der Waals surface area contributed by atoms with Gasteiger partial charge in [0, 0.05) is 11.4 Å². The zero-order chi connectivity index (χ0) is 18.8. The molecule has 0 aliphatic rings. The van der Waals surface area contributed by atoms with Crippen LogP contribution in [-0.4, -0.2) is 15.8 Å². The third-order valence-electron chi connectivity index (χ3n) is 4.48. The number of benzene rings is 3. The summed E-state index contributed by atoms with van der Waals surface area (Å²) in [7, 11) is 0. The molecule has 27 heavy (non-hydrogen) atoms. The lowest BCUT2D eigenvalue weighted by Crippen LogP contribution is -2.01. The lowest BCUT2D eigenvalue weighted by molar-refractivity contribution is 0.482. The predicted octanol–water partition coefficient (Wildman–Crippen LogP) is 6.56. The molecule has 5 heteroatoms. The number of imidazole rings is 1. The number of halogens is 1. The van der Waals surface area contributed by atoms with Crippen LogP contribution >= 0.6 is 23.4 Å². The molecule has 0 fully saturated rings. The van der Waals surface area contributed by atoms with E-state index in [1.807, 2.05) is 43.3 Å². The Morgan fingerprint density at radius 2 is 1.63 bits per heavy atom. The lowest BCUT2D eigenvalue weighted by atomic mass is 10.2. The van der Waals surface area contributed by atoms with E-state index in [4.69, 9.17) is 16.3 Å². The fraction of sp³-hybridized carbons (Fsp3) is 0.136. The van der Waals surface area contributed by atoms with Crippen molar-refractivity contribution in [2.75, 3.05) is 6.26 Å². The van der Waals surface area contributed by atoms with Gasteiger partial charge in [-0.3, -0.25) is 0 Å². The lowest BCUT2D eigenvalue weighted by Gasteiger charge is -2.09. The molecule has 3 nitrogen and oxygen atoms in total. The fourth-order valence-corrected chi connectivity index (χ4v) is 3.67. The summed E-state index contributed by atoms with van der Waals surface area (Å²) in [4.78, 5) is 5.82. The molecule has 0 aliphatic heterocycles. The summed E-state index contributed by atoms with van der Waals surface area (Å²) in [5, 5.41) is 0.686. The molecule has 136 valence electrons. The van der Waals surface area contributed by atoms with E-state index in [0.29, 0.717) is 5.02 Å². The van der Waals surface area contributed by atoms with Crippen molar-refractivity contribution in [3.05, 3.63) is 83.1 Å². The van der Waals surface area contributed by atoms with E-state index in [9.17, 15) is 0 Å². The summed E-state index contributed by atoms with van der Waals surface area (Å²) in [6, 6.07) is 22.2. The number of ether oxygens (including phenoxy) is 1. The van der Waals surface area contributed by atoms with E-state index in [1.165, 1.54) is 10.5 Å². The number of nitrogens with zero attached hydrogens (tertiary/aromatic N) is 2. The standard InChI is InChI=1S/C22H19ClN2OS/c1-15-24-22-20(23)4-3-5-21(22)25(15)14-16-6-8-17(9-7-16)26-18-10-12-19(27-2)13-11-18/h3-13H,14H2,1-2H3.